The van der Waals surface area contributed by atoms with Crippen molar-refractivity contribution in [3.05, 3.63) is 17.8 Å². The summed E-state index contributed by atoms with van der Waals surface area (Å²) in [4.78, 5) is 36.9. The number of carboxylic acid groups (broad SMARTS) is 1. The van der Waals surface area contributed by atoms with Crippen LogP contribution in [0.25, 0.3) is 0 Å². The van der Waals surface area contributed by atoms with Crippen molar-refractivity contribution >= 4 is 17.9 Å². The Kier molecular flexibility index (Phi) is 5.51. The first kappa shape index (κ1) is 15.5. The molecule has 9 nitrogen and oxygen atoms in total. The van der Waals surface area contributed by atoms with Crippen molar-refractivity contribution in [3.8, 4) is 0 Å². The number of hydrogen-bond donors (Lipinski definition) is 4. The number of rotatable bonds is 7. The largest absolute Gasteiger partial charge is 0.480 e. The van der Waals surface area contributed by atoms with Gasteiger partial charge in [0.15, 0.2) is 0 Å². The zero-order chi connectivity index (χ0) is 15.1. The maximum Gasteiger partial charge on any atom is 0.326 e. The van der Waals surface area contributed by atoms with E-state index in [2.05, 4.69) is 15.6 Å². The maximum absolute atomic E-state index is 11.5. The fourth-order valence-electron chi connectivity index (χ4n) is 1.39. The van der Waals surface area contributed by atoms with Crippen LogP contribution in [-0.2, 0) is 16.1 Å². The molecule has 0 saturated carbocycles. The third-order valence-corrected chi connectivity index (χ3v) is 2.35. The molecule has 0 unspecified atom stereocenters. The topological polar surface area (TPSA) is 148 Å². The molecule has 9 heteroatoms. The summed E-state index contributed by atoms with van der Waals surface area (Å²) in [5.41, 5.74) is 4.93. The molecule has 0 fully saturated rings. The Bertz CT molecular complexity index is 499. The van der Waals surface area contributed by atoms with Crippen molar-refractivity contribution in [2.75, 3.05) is 0 Å². The summed E-state index contributed by atoms with van der Waals surface area (Å²) < 4.78 is 5.13. The highest BCUT2D eigenvalue weighted by Crippen LogP contribution is 2.01. The van der Waals surface area contributed by atoms with Crippen molar-refractivity contribution in [1.29, 1.82) is 0 Å². The Morgan fingerprint density at radius 2 is 2.20 bits per heavy atom. The summed E-state index contributed by atoms with van der Waals surface area (Å²) in [6, 6.07) is -1.88. The Hall–Kier alpha value is -2.58. The molecule has 0 aliphatic carbocycles. The summed E-state index contributed by atoms with van der Waals surface area (Å²) in [5.74, 6) is -0.962. The molecule has 20 heavy (non-hydrogen) atoms. The average Bonchev–Trinajstić information content (AvgIpc) is 2.77. The Balaban J connectivity index is 2.41. The second kappa shape index (κ2) is 7.12. The highest BCUT2D eigenvalue weighted by Gasteiger charge is 2.20. The van der Waals surface area contributed by atoms with Crippen LogP contribution in [0, 0.1) is 6.92 Å². The molecule has 0 aliphatic rings. The molecule has 0 saturated heterocycles. The molecular formula is C11H16N4O5. The number of aromatic nitrogens is 1. The third-order valence-electron chi connectivity index (χ3n) is 2.35. The molecule has 3 amide bonds. The molecule has 1 atom stereocenters. The van der Waals surface area contributed by atoms with Gasteiger partial charge in [-0.05, 0) is 13.3 Å². The third kappa shape index (κ3) is 5.38. The zero-order valence-electron chi connectivity index (χ0n) is 10.9. The van der Waals surface area contributed by atoms with Gasteiger partial charge >= 0.3 is 12.0 Å². The molecule has 5 N–H and O–H groups in total. The normalized spacial score (nSPS) is 11.7. The van der Waals surface area contributed by atoms with Crippen molar-refractivity contribution in [2.45, 2.75) is 32.4 Å². The fourth-order valence-corrected chi connectivity index (χ4v) is 1.39. The highest BCUT2D eigenvalue weighted by atomic mass is 16.4. The molecule has 0 bridgehead atoms. The van der Waals surface area contributed by atoms with E-state index in [0.29, 0.717) is 11.7 Å². The van der Waals surface area contributed by atoms with Crippen LogP contribution in [0.4, 0.5) is 4.79 Å². The van der Waals surface area contributed by atoms with Gasteiger partial charge in [0, 0.05) is 6.42 Å². The van der Waals surface area contributed by atoms with Gasteiger partial charge in [-0.1, -0.05) is 0 Å². The second-order valence-corrected chi connectivity index (χ2v) is 4.09. The molecule has 110 valence electrons. The first-order valence-electron chi connectivity index (χ1n) is 5.85. The SMILES string of the molecule is Cc1cnc(CNC(=O)N[C@H](CCC(N)=O)C(=O)O)o1. The molecule has 1 aromatic heterocycles. The smallest absolute Gasteiger partial charge is 0.326 e. The van der Waals surface area contributed by atoms with E-state index in [4.69, 9.17) is 15.3 Å². The zero-order valence-corrected chi connectivity index (χ0v) is 10.9. The van der Waals surface area contributed by atoms with Crippen LogP contribution < -0.4 is 16.4 Å². The van der Waals surface area contributed by atoms with Gasteiger partial charge in [0.1, 0.15) is 11.8 Å². The van der Waals surface area contributed by atoms with Crippen molar-refractivity contribution in [2.24, 2.45) is 5.73 Å². The molecule has 1 aromatic rings. The molecule has 0 spiro atoms. The Morgan fingerprint density at radius 1 is 1.50 bits per heavy atom. The fraction of sp³-hybridized carbons (Fsp3) is 0.455. The van der Waals surface area contributed by atoms with Crippen LogP contribution in [0.1, 0.15) is 24.5 Å². The molecule has 0 aromatic carbocycles. The number of aliphatic carboxylic acids is 1. The van der Waals surface area contributed by atoms with Gasteiger partial charge in [-0.15, -0.1) is 0 Å². The van der Waals surface area contributed by atoms with E-state index in [1.807, 2.05) is 0 Å². The molecule has 1 heterocycles. The summed E-state index contributed by atoms with van der Waals surface area (Å²) in [6.45, 7) is 1.74. The van der Waals surface area contributed by atoms with Crippen LogP contribution in [0.2, 0.25) is 0 Å². The minimum absolute atomic E-state index is 0.0296. The summed E-state index contributed by atoms with van der Waals surface area (Å²) in [7, 11) is 0. The number of urea groups is 1. The minimum atomic E-state index is -1.24. The number of primary amides is 1. The van der Waals surface area contributed by atoms with Gasteiger partial charge in [0.05, 0.1) is 12.7 Å². The lowest BCUT2D eigenvalue weighted by Gasteiger charge is -2.13. The Labute approximate surface area is 114 Å². The number of oxazole rings is 1. The van der Waals surface area contributed by atoms with E-state index in [0.717, 1.165) is 0 Å². The summed E-state index contributed by atoms with van der Waals surface area (Å²) in [6.07, 6.45) is 1.30. The van der Waals surface area contributed by atoms with Crippen LogP contribution in [0.3, 0.4) is 0 Å². The Morgan fingerprint density at radius 3 is 2.70 bits per heavy atom. The van der Waals surface area contributed by atoms with Gasteiger partial charge in [-0.3, -0.25) is 4.79 Å². The highest BCUT2D eigenvalue weighted by molar-refractivity contribution is 5.83. The van der Waals surface area contributed by atoms with Crippen molar-refractivity contribution in [3.63, 3.8) is 0 Å². The van der Waals surface area contributed by atoms with E-state index in [-0.39, 0.29) is 19.4 Å². The predicted molar refractivity (Wildman–Crippen MR) is 66.5 cm³/mol. The van der Waals surface area contributed by atoms with Crippen LogP contribution in [0.5, 0.6) is 0 Å². The van der Waals surface area contributed by atoms with E-state index >= 15 is 0 Å². The molecular weight excluding hydrogens is 268 g/mol. The number of nitrogens with zero attached hydrogens (tertiary/aromatic N) is 1. The van der Waals surface area contributed by atoms with E-state index in [1.165, 1.54) is 6.20 Å². The minimum Gasteiger partial charge on any atom is -0.480 e. The molecule has 0 aliphatic heterocycles. The first-order chi connectivity index (χ1) is 9.38. The number of carbonyl (C=O) groups is 3. The number of aryl methyl sites for hydroxylation is 1. The quantitative estimate of drug-likeness (QED) is 0.530. The first-order valence-corrected chi connectivity index (χ1v) is 5.85. The van der Waals surface area contributed by atoms with Crippen LogP contribution >= 0.6 is 0 Å². The lowest BCUT2D eigenvalue weighted by molar-refractivity contribution is -0.139. The van der Waals surface area contributed by atoms with Crippen LogP contribution in [-0.4, -0.2) is 34.0 Å². The lowest BCUT2D eigenvalue weighted by Crippen LogP contribution is -2.46. The number of hydrogen-bond acceptors (Lipinski definition) is 5. The van der Waals surface area contributed by atoms with Gasteiger partial charge < -0.3 is 25.9 Å². The van der Waals surface area contributed by atoms with Gasteiger partial charge in [-0.2, -0.15) is 0 Å². The number of nitrogens with one attached hydrogen (secondary N) is 2. The van der Waals surface area contributed by atoms with Crippen molar-refractivity contribution < 1.29 is 23.9 Å². The summed E-state index contributed by atoms with van der Waals surface area (Å²) in [5, 5.41) is 13.5. The monoisotopic (exact) mass is 284 g/mol. The van der Waals surface area contributed by atoms with Gasteiger partial charge in [-0.25, -0.2) is 14.6 Å². The van der Waals surface area contributed by atoms with E-state index in [1.54, 1.807) is 6.92 Å². The average molecular weight is 284 g/mol. The van der Waals surface area contributed by atoms with E-state index in [9.17, 15) is 14.4 Å². The van der Waals surface area contributed by atoms with Crippen molar-refractivity contribution in [1.82, 2.24) is 15.6 Å². The summed E-state index contributed by atoms with van der Waals surface area (Å²) >= 11 is 0. The predicted octanol–water partition coefficient (Wildman–Crippen LogP) is -0.499. The number of carboxylic acids is 1. The maximum atomic E-state index is 11.5. The number of carbonyl (C=O) groups excluding carboxylic acids is 2. The van der Waals surface area contributed by atoms with Crippen LogP contribution in [0.15, 0.2) is 10.6 Å². The number of amides is 3. The number of nitrogens with two attached hydrogens (primary N) is 1. The lowest BCUT2D eigenvalue weighted by atomic mass is 10.1. The van der Waals surface area contributed by atoms with Gasteiger partial charge in [0.25, 0.3) is 0 Å². The van der Waals surface area contributed by atoms with Gasteiger partial charge in [0.2, 0.25) is 11.8 Å². The molecule has 0 radical (unpaired) electrons. The molecule has 1 rings (SSSR count). The second-order valence-electron chi connectivity index (χ2n) is 4.09. The van der Waals surface area contributed by atoms with E-state index < -0.39 is 23.9 Å². The standard InChI is InChI=1S/C11H16N4O5/c1-6-4-13-9(20-6)5-14-11(19)15-7(10(17)18)2-3-8(12)16/h4,7H,2-3,5H2,1H3,(H2,12,16)(H,17,18)(H2,14,15,19)/t7-/m1/s1.